The normalized spacial score (nSPS) is 18.2. The van der Waals surface area contributed by atoms with Gasteiger partial charge >= 0.3 is 0 Å². The molecular formula is C20H20ClN5OS. The molecule has 0 fully saturated rings. The van der Waals surface area contributed by atoms with E-state index in [1.54, 1.807) is 12.1 Å². The fourth-order valence-corrected chi connectivity index (χ4v) is 4.42. The molecule has 1 aliphatic heterocycles. The minimum Gasteiger partial charge on any atom is -0.325 e. The summed E-state index contributed by atoms with van der Waals surface area (Å²) in [4.78, 5) is 13.1. The number of carbonyl (C=O) groups excluding carboxylic acids is 1. The molecule has 1 aliphatic rings. The molecule has 0 unspecified atom stereocenters. The van der Waals surface area contributed by atoms with Gasteiger partial charge in [0, 0.05) is 17.1 Å². The Morgan fingerprint density at radius 2 is 2.04 bits per heavy atom. The third-order valence-electron chi connectivity index (χ3n) is 4.61. The Balaban J connectivity index is 1.67. The summed E-state index contributed by atoms with van der Waals surface area (Å²) >= 11 is 7.46. The first-order valence-electron chi connectivity index (χ1n) is 9.05. The van der Waals surface area contributed by atoms with Gasteiger partial charge in [0.25, 0.3) is 0 Å². The zero-order valence-electron chi connectivity index (χ0n) is 15.5. The predicted molar refractivity (Wildman–Crippen MR) is 112 cm³/mol. The SMILES string of the molecule is CCc1nnc2n1N[C@@H](c1ccc(C)cc1)[C@H](C(=O)Nc1cccc(Cl)c1)S2. The summed E-state index contributed by atoms with van der Waals surface area (Å²) in [6, 6.07) is 15.1. The van der Waals surface area contributed by atoms with Gasteiger partial charge in [-0.2, -0.15) is 0 Å². The quantitative estimate of drug-likeness (QED) is 0.670. The number of nitrogens with one attached hydrogen (secondary N) is 2. The average molecular weight is 414 g/mol. The number of hydrogen-bond acceptors (Lipinski definition) is 5. The highest BCUT2D eigenvalue weighted by Crippen LogP contribution is 2.37. The largest absolute Gasteiger partial charge is 0.325 e. The van der Waals surface area contributed by atoms with E-state index in [0.29, 0.717) is 15.9 Å². The maximum Gasteiger partial charge on any atom is 0.240 e. The maximum absolute atomic E-state index is 13.1. The third kappa shape index (κ3) is 3.72. The van der Waals surface area contributed by atoms with Gasteiger partial charge in [-0.25, -0.2) is 4.68 Å². The number of amides is 1. The van der Waals surface area contributed by atoms with Crippen molar-refractivity contribution in [2.45, 2.75) is 36.7 Å². The van der Waals surface area contributed by atoms with Gasteiger partial charge in [0.05, 0.1) is 6.04 Å². The second-order valence-corrected chi connectivity index (χ2v) is 8.19. The molecule has 0 saturated carbocycles. The lowest BCUT2D eigenvalue weighted by molar-refractivity contribution is -0.116. The second kappa shape index (κ2) is 7.85. The highest BCUT2D eigenvalue weighted by molar-refractivity contribution is 8.00. The van der Waals surface area contributed by atoms with Crippen LogP contribution in [0.25, 0.3) is 0 Å². The molecule has 2 atom stereocenters. The first kappa shape index (κ1) is 18.8. The number of carbonyl (C=O) groups is 1. The summed E-state index contributed by atoms with van der Waals surface area (Å²) in [6.07, 6.45) is 0.751. The lowest BCUT2D eigenvalue weighted by Gasteiger charge is -2.33. The Morgan fingerprint density at radius 3 is 2.75 bits per heavy atom. The molecule has 1 amide bonds. The molecule has 4 rings (SSSR count). The number of fused-ring (bicyclic) bond motifs is 1. The van der Waals surface area contributed by atoms with Crippen molar-refractivity contribution in [2.24, 2.45) is 0 Å². The third-order valence-corrected chi connectivity index (χ3v) is 6.06. The fourth-order valence-electron chi connectivity index (χ4n) is 3.13. The van der Waals surface area contributed by atoms with E-state index in [1.807, 2.05) is 42.8 Å². The summed E-state index contributed by atoms with van der Waals surface area (Å²) in [5.74, 6) is 0.728. The van der Waals surface area contributed by atoms with Crippen LogP contribution in [0.15, 0.2) is 53.7 Å². The van der Waals surface area contributed by atoms with E-state index in [0.717, 1.165) is 17.8 Å². The van der Waals surface area contributed by atoms with Crippen LogP contribution in [-0.2, 0) is 11.2 Å². The molecule has 1 aromatic heterocycles. The molecule has 3 aromatic rings. The van der Waals surface area contributed by atoms with Crippen molar-refractivity contribution in [1.82, 2.24) is 14.9 Å². The van der Waals surface area contributed by atoms with Crippen molar-refractivity contribution in [3.05, 3.63) is 70.5 Å². The highest BCUT2D eigenvalue weighted by Gasteiger charge is 2.37. The molecule has 28 heavy (non-hydrogen) atoms. The standard InChI is InChI=1S/C20H20ClN5OS/c1-3-16-23-24-20-26(16)25-17(13-9-7-12(2)8-10-13)18(28-20)19(27)22-15-6-4-5-14(21)11-15/h4-11,17-18,25H,3H2,1-2H3,(H,22,27)/t17-,18+/m0/s1. The van der Waals surface area contributed by atoms with E-state index in [2.05, 4.69) is 33.1 Å². The Kier molecular flexibility index (Phi) is 5.28. The van der Waals surface area contributed by atoms with Crippen molar-refractivity contribution in [3.63, 3.8) is 0 Å². The fraction of sp³-hybridized carbons (Fsp3) is 0.250. The summed E-state index contributed by atoms with van der Waals surface area (Å²) in [5.41, 5.74) is 6.32. The number of hydrogen-bond donors (Lipinski definition) is 2. The topological polar surface area (TPSA) is 71.8 Å². The van der Waals surface area contributed by atoms with Gasteiger partial charge in [-0.3, -0.25) is 4.79 Å². The highest BCUT2D eigenvalue weighted by atomic mass is 35.5. The maximum atomic E-state index is 13.1. The summed E-state index contributed by atoms with van der Waals surface area (Å²) in [5, 5.41) is 12.3. The van der Waals surface area contributed by atoms with Gasteiger partial charge in [0.2, 0.25) is 11.1 Å². The summed E-state index contributed by atoms with van der Waals surface area (Å²) in [6.45, 7) is 4.08. The van der Waals surface area contributed by atoms with Crippen LogP contribution in [0.5, 0.6) is 0 Å². The Bertz CT molecular complexity index is 1000. The van der Waals surface area contributed by atoms with Crippen LogP contribution < -0.4 is 10.7 Å². The van der Waals surface area contributed by atoms with Crippen LogP contribution in [0.4, 0.5) is 5.69 Å². The van der Waals surface area contributed by atoms with E-state index < -0.39 is 5.25 Å². The van der Waals surface area contributed by atoms with Gasteiger partial charge in [-0.15, -0.1) is 10.2 Å². The van der Waals surface area contributed by atoms with Crippen LogP contribution >= 0.6 is 23.4 Å². The molecule has 144 valence electrons. The molecule has 2 N–H and O–H groups in total. The molecule has 0 saturated heterocycles. The number of thioether (sulfide) groups is 1. The minimum atomic E-state index is -0.414. The van der Waals surface area contributed by atoms with Crippen LogP contribution in [0.2, 0.25) is 5.02 Å². The van der Waals surface area contributed by atoms with Crippen molar-refractivity contribution in [2.75, 3.05) is 10.7 Å². The second-order valence-electron chi connectivity index (χ2n) is 6.64. The van der Waals surface area contributed by atoms with Gasteiger partial charge in [-0.1, -0.05) is 66.2 Å². The molecule has 6 nitrogen and oxygen atoms in total. The van der Waals surface area contributed by atoms with E-state index in [1.165, 1.54) is 17.3 Å². The first-order chi connectivity index (χ1) is 13.5. The number of aryl methyl sites for hydroxylation is 2. The Hall–Kier alpha value is -2.51. The van der Waals surface area contributed by atoms with E-state index in [-0.39, 0.29) is 11.9 Å². The van der Waals surface area contributed by atoms with E-state index in [9.17, 15) is 4.79 Å². The van der Waals surface area contributed by atoms with Crippen molar-refractivity contribution < 1.29 is 4.79 Å². The number of anilines is 1. The zero-order chi connectivity index (χ0) is 19.7. The Morgan fingerprint density at radius 1 is 1.25 bits per heavy atom. The smallest absolute Gasteiger partial charge is 0.240 e. The summed E-state index contributed by atoms with van der Waals surface area (Å²) < 4.78 is 1.89. The summed E-state index contributed by atoms with van der Waals surface area (Å²) in [7, 11) is 0. The van der Waals surface area contributed by atoms with E-state index in [4.69, 9.17) is 11.6 Å². The van der Waals surface area contributed by atoms with Crippen LogP contribution in [0, 0.1) is 6.92 Å². The van der Waals surface area contributed by atoms with Crippen molar-refractivity contribution in [3.8, 4) is 0 Å². The van der Waals surface area contributed by atoms with Crippen LogP contribution in [-0.4, -0.2) is 26.0 Å². The lowest BCUT2D eigenvalue weighted by Crippen LogP contribution is -2.41. The van der Waals surface area contributed by atoms with Gasteiger partial charge in [-0.05, 0) is 30.7 Å². The molecule has 0 radical (unpaired) electrons. The molecule has 0 aliphatic carbocycles. The predicted octanol–water partition coefficient (Wildman–Crippen LogP) is 4.20. The number of nitrogens with zero attached hydrogens (tertiary/aromatic N) is 3. The molecule has 8 heteroatoms. The number of aromatic nitrogens is 3. The number of halogens is 1. The molecular weight excluding hydrogens is 394 g/mol. The van der Waals surface area contributed by atoms with Gasteiger partial charge in [0.15, 0.2) is 5.82 Å². The lowest BCUT2D eigenvalue weighted by atomic mass is 10.0. The van der Waals surface area contributed by atoms with E-state index >= 15 is 0 Å². The number of benzene rings is 2. The number of rotatable bonds is 4. The monoisotopic (exact) mass is 413 g/mol. The molecule has 0 bridgehead atoms. The molecule has 0 spiro atoms. The van der Waals surface area contributed by atoms with Crippen LogP contribution in [0.1, 0.15) is 29.9 Å². The minimum absolute atomic E-state index is 0.113. The zero-order valence-corrected chi connectivity index (χ0v) is 17.1. The molecule has 2 aromatic carbocycles. The average Bonchev–Trinajstić information content (AvgIpc) is 3.09. The first-order valence-corrected chi connectivity index (χ1v) is 10.3. The van der Waals surface area contributed by atoms with Crippen LogP contribution in [0.3, 0.4) is 0 Å². The van der Waals surface area contributed by atoms with Crippen molar-refractivity contribution >= 4 is 35.0 Å². The van der Waals surface area contributed by atoms with Gasteiger partial charge in [0.1, 0.15) is 5.25 Å². The molecule has 2 heterocycles. The Labute approximate surface area is 172 Å². The van der Waals surface area contributed by atoms with Gasteiger partial charge < -0.3 is 10.7 Å². The van der Waals surface area contributed by atoms with Crippen molar-refractivity contribution in [1.29, 1.82) is 0 Å².